The summed E-state index contributed by atoms with van der Waals surface area (Å²) in [5.41, 5.74) is -0.614. The molecule has 0 bridgehead atoms. The number of nitrogens with one attached hydrogen (secondary N) is 1. The highest BCUT2D eigenvalue weighted by atomic mass is 32.2. The average Bonchev–Trinajstić information content (AvgIpc) is 2.84. The van der Waals surface area contributed by atoms with Gasteiger partial charge < -0.3 is 10.2 Å². The Morgan fingerprint density at radius 2 is 1.90 bits per heavy atom. The SMILES string of the molecule is CSC(C)(C)CN1C(=O)C2(CCCC2)NC(=O)C1C(C)C. The second-order valence-electron chi connectivity index (χ2n) is 7.36. The van der Waals surface area contributed by atoms with Crippen LogP contribution in [0.1, 0.15) is 53.4 Å². The van der Waals surface area contributed by atoms with Crippen LogP contribution in [0.3, 0.4) is 0 Å². The summed E-state index contributed by atoms with van der Waals surface area (Å²) in [4.78, 5) is 27.6. The molecule has 2 fully saturated rings. The van der Waals surface area contributed by atoms with Crippen molar-refractivity contribution in [1.82, 2.24) is 10.2 Å². The third kappa shape index (κ3) is 3.08. The summed E-state index contributed by atoms with van der Waals surface area (Å²) < 4.78 is -0.0415. The smallest absolute Gasteiger partial charge is 0.249 e. The molecule has 21 heavy (non-hydrogen) atoms. The molecule has 0 aromatic carbocycles. The van der Waals surface area contributed by atoms with Gasteiger partial charge in [-0.2, -0.15) is 11.8 Å². The van der Waals surface area contributed by atoms with E-state index in [0.29, 0.717) is 6.54 Å². The van der Waals surface area contributed by atoms with Crippen molar-refractivity contribution in [3.63, 3.8) is 0 Å². The van der Waals surface area contributed by atoms with Gasteiger partial charge in [-0.25, -0.2) is 0 Å². The number of piperazine rings is 1. The Morgan fingerprint density at radius 3 is 2.38 bits per heavy atom. The normalized spacial score (nSPS) is 25.8. The molecule has 0 aromatic rings. The summed E-state index contributed by atoms with van der Waals surface area (Å²) in [6.07, 6.45) is 5.69. The van der Waals surface area contributed by atoms with E-state index in [-0.39, 0.29) is 28.5 Å². The molecular formula is C16H28N2O2S. The number of nitrogens with zero attached hydrogens (tertiary/aromatic N) is 1. The Bertz CT molecular complexity index is 428. The minimum Gasteiger partial charge on any atom is -0.340 e. The lowest BCUT2D eigenvalue weighted by Gasteiger charge is -2.48. The molecule has 0 aromatic heterocycles. The third-order valence-corrected chi connectivity index (χ3v) is 6.06. The Kier molecular flexibility index (Phi) is 4.62. The molecule has 1 heterocycles. The Morgan fingerprint density at radius 1 is 1.33 bits per heavy atom. The maximum atomic E-state index is 13.1. The van der Waals surface area contributed by atoms with Gasteiger partial charge in [-0.3, -0.25) is 9.59 Å². The number of rotatable bonds is 4. The Hall–Kier alpha value is -0.710. The van der Waals surface area contributed by atoms with E-state index in [1.54, 1.807) is 11.8 Å². The number of amides is 2. The molecule has 0 radical (unpaired) electrons. The summed E-state index contributed by atoms with van der Waals surface area (Å²) in [6, 6.07) is -0.338. The molecule has 2 aliphatic rings. The van der Waals surface area contributed by atoms with Crippen molar-refractivity contribution in [1.29, 1.82) is 0 Å². The van der Waals surface area contributed by atoms with Crippen molar-refractivity contribution in [3.05, 3.63) is 0 Å². The van der Waals surface area contributed by atoms with Crippen LogP contribution in [-0.2, 0) is 9.59 Å². The molecule has 1 unspecified atom stereocenters. The molecular weight excluding hydrogens is 284 g/mol. The number of carbonyl (C=O) groups is 2. The van der Waals surface area contributed by atoms with Crippen LogP contribution in [0, 0.1) is 5.92 Å². The molecule has 1 N–H and O–H groups in total. The monoisotopic (exact) mass is 312 g/mol. The highest BCUT2D eigenvalue weighted by Gasteiger charge is 2.53. The first kappa shape index (κ1) is 16.7. The predicted octanol–water partition coefficient (Wildman–Crippen LogP) is 2.42. The summed E-state index contributed by atoms with van der Waals surface area (Å²) in [7, 11) is 0. The van der Waals surface area contributed by atoms with E-state index >= 15 is 0 Å². The van der Waals surface area contributed by atoms with Gasteiger partial charge in [0.1, 0.15) is 11.6 Å². The van der Waals surface area contributed by atoms with Gasteiger partial charge in [0.25, 0.3) is 0 Å². The van der Waals surface area contributed by atoms with E-state index in [1.165, 1.54) is 0 Å². The van der Waals surface area contributed by atoms with E-state index in [1.807, 2.05) is 18.7 Å². The van der Waals surface area contributed by atoms with Crippen molar-refractivity contribution in [3.8, 4) is 0 Å². The largest absolute Gasteiger partial charge is 0.340 e. The molecule has 1 saturated heterocycles. The van der Waals surface area contributed by atoms with Gasteiger partial charge >= 0.3 is 0 Å². The lowest BCUT2D eigenvalue weighted by atomic mass is 9.87. The fourth-order valence-electron chi connectivity index (χ4n) is 3.53. The first-order valence-corrected chi connectivity index (χ1v) is 9.13. The van der Waals surface area contributed by atoms with Crippen LogP contribution in [0.25, 0.3) is 0 Å². The highest BCUT2D eigenvalue weighted by molar-refractivity contribution is 7.99. The molecule has 1 aliphatic heterocycles. The lowest BCUT2D eigenvalue weighted by molar-refractivity contribution is -0.157. The van der Waals surface area contributed by atoms with Crippen LogP contribution < -0.4 is 5.32 Å². The van der Waals surface area contributed by atoms with Crippen molar-refractivity contribution < 1.29 is 9.59 Å². The Labute approximate surface area is 132 Å². The van der Waals surface area contributed by atoms with Crippen LogP contribution in [0.5, 0.6) is 0 Å². The maximum absolute atomic E-state index is 13.1. The number of carbonyl (C=O) groups excluding carboxylic acids is 2. The van der Waals surface area contributed by atoms with Crippen LogP contribution in [0.2, 0.25) is 0 Å². The summed E-state index contributed by atoms with van der Waals surface area (Å²) in [5, 5.41) is 3.07. The van der Waals surface area contributed by atoms with Crippen molar-refractivity contribution in [2.45, 2.75) is 69.7 Å². The Balaban J connectivity index is 2.33. The van der Waals surface area contributed by atoms with Crippen LogP contribution in [-0.4, -0.2) is 45.8 Å². The molecule has 2 rings (SSSR count). The van der Waals surface area contributed by atoms with Crippen molar-refractivity contribution >= 4 is 23.6 Å². The second kappa shape index (κ2) is 5.82. The molecule has 1 atom stereocenters. The van der Waals surface area contributed by atoms with Gasteiger partial charge in [-0.15, -0.1) is 0 Å². The van der Waals surface area contributed by atoms with Gasteiger partial charge in [0.15, 0.2) is 0 Å². The number of thioether (sulfide) groups is 1. The van der Waals surface area contributed by atoms with Gasteiger partial charge in [-0.05, 0) is 38.9 Å². The fourth-order valence-corrected chi connectivity index (χ4v) is 3.80. The van der Waals surface area contributed by atoms with Crippen LogP contribution in [0.15, 0.2) is 0 Å². The van der Waals surface area contributed by atoms with E-state index < -0.39 is 5.54 Å². The average molecular weight is 312 g/mol. The standard InChI is InChI=1S/C16H28N2O2S/c1-11(2)12-13(19)17-16(8-6-7-9-16)14(20)18(12)10-15(3,4)21-5/h11-12H,6-10H2,1-5H3,(H,17,19). The zero-order valence-electron chi connectivity index (χ0n) is 13.9. The van der Waals surface area contributed by atoms with Crippen LogP contribution in [0.4, 0.5) is 0 Å². The van der Waals surface area contributed by atoms with Gasteiger partial charge in [0.05, 0.1) is 0 Å². The predicted molar refractivity (Wildman–Crippen MR) is 87.3 cm³/mol. The summed E-state index contributed by atoms with van der Waals surface area (Å²) in [5.74, 6) is 0.300. The molecule has 120 valence electrons. The van der Waals surface area contributed by atoms with E-state index in [9.17, 15) is 9.59 Å². The minimum atomic E-state index is -0.614. The first-order chi connectivity index (χ1) is 9.72. The molecule has 4 nitrogen and oxygen atoms in total. The number of hydrogen-bond acceptors (Lipinski definition) is 3. The quantitative estimate of drug-likeness (QED) is 0.867. The molecule has 1 saturated carbocycles. The molecule has 5 heteroatoms. The molecule has 1 spiro atoms. The zero-order valence-corrected chi connectivity index (χ0v) is 14.7. The third-order valence-electron chi connectivity index (χ3n) is 4.83. The molecule has 1 aliphatic carbocycles. The second-order valence-corrected chi connectivity index (χ2v) is 8.88. The maximum Gasteiger partial charge on any atom is 0.249 e. The summed E-state index contributed by atoms with van der Waals surface area (Å²) in [6.45, 7) is 8.93. The van der Waals surface area contributed by atoms with E-state index in [0.717, 1.165) is 25.7 Å². The minimum absolute atomic E-state index is 0.0309. The molecule has 2 amide bonds. The lowest BCUT2D eigenvalue weighted by Crippen LogP contribution is -2.71. The highest BCUT2D eigenvalue weighted by Crippen LogP contribution is 2.37. The van der Waals surface area contributed by atoms with Gasteiger partial charge in [-0.1, -0.05) is 26.7 Å². The zero-order chi connectivity index (χ0) is 15.8. The first-order valence-electron chi connectivity index (χ1n) is 7.91. The van der Waals surface area contributed by atoms with Crippen molar-refractivity contribution in [2.24, 2.45) is 5.92 Å². The van der Waals surface area contributed by atoms with E-state index in [2.05, 4.69) is 25.4 Å². The van der Waals surface area contributed by atoms with Gasteiger partial charge in [0.2, 0.25) is 11.8 Å². The topological polar surface area (TPSA) is 49.4 Å². The van der Waals surface area contributed by atoms with E-state index in [4.69, 9.17) is 0 Å². The number of hydrogen-bond donors (Lipinski definition) is 1. The fraction of sp³-hybridized carbons (Fsp3) is 0.875. The van der Waals surface area contributed by atoms with Gasteiger partial charge in [0, 0.05) is 11.3 Å². The summed E-state index contributed by atoms with van der Waals surface area (Å²) >= 11 is 1.74. The van der Waals surface area contributed by atoms with Crippen LogP contribution >= 0.6 is 11.8 Å². The van der Waals surface area contributed by atoms with Crippen molar-refractivity contribution in [2.75, 3.05) is 12.8 Å².